The van der Waals surface area contributed by atoms with Crippen LogP contribution < -0.4 is 0 Å². The minimum atomic E-state index is -0.720. The van der Waals surface area contributed by atoms with Crippen LogP contribution in [0.3, 0.4) is 0 Å². The summed E-state index contributed by atoms with van der Waals surface area (Å²) in [6.07, 6.45) is 2.58. The Hall–Kier alpha value is -1.88. The number of rotatable bonds is 4. The molecule has 1 fully saturated rings. The lowest BCUT2D eigenvalue weighted by Gasteiger charge is -2.30. The van der Waals surface area contributed by atoms with Crippen LogP contribution in [-0.4, -0.2) is 39.6 Å². The molecule has 1 aliphatic heterocycles. The van der Waals surface area contributed by atoms with Crippen LogP contribution in [0.15, 0.2) is 40.8 Å². The van der Waals surface area contributed by atoms with Crippen LogP contribution in [0.25, 0.3) is 11.3 Å². The average Bonchev–Trinajstić information content (AvgIpc) is 3.11. The Morgan fingerprint density at radius 2 is 1.83 bits per heavy atom. The van der Waals surface area contributed by atoms with E-state index in [0.717, 1.165) is 24.8 Å². The largest absolute Gasteiger partial charge is 0.451 e. The van der Waals surface area contributed by atoms with Crippen molar-refractivity contribution in [2.45, 2.75) is 32.2 Å². The average molecular weight is 345 g/mol. The minimum absolute atomic E-state index is 0.107. The zero-order valence-electron chi connectivity index (χ0n) is 14.2. The van der Waals surface area contributed by atoms with E-state index in [-0.39, 0.29) is 11.9 Å². The van der Waals surface area contributed by atoms with Crippen molar-refractivity contribution in [1.82, 2.24) is 4.90 Å². The molecule has 2 aromatic rings. The molecule has 0 saturated carbocycles. The molecule has 4 nitrogen and oxygen atoms in total. The second-order valence-electron chi connectivity index (χ2n) is 6.21. The van der Waals surface area contributed by atoms with Crippen LogP contribution in [0.5, 0.6) is 0 Å². The second-order valence-corrected chi connectivity index (χ2v) is 7.91. The molecular weight excluding hydrogens is 322 g/mol. The zero-order chi connectivity index (χ0) is 17.1. The van der Waals surface area contributed by atoms with Crippen LogP contribution in [0, 0.1) is 0 Å². The Morgan fingerprint density at radius 1 is 1.17 bits per heavy atom. The lowest BCUT2D eigenvalue weighted by molar-refractivity contribution is 0.0691. The molecule has 0 aliphatic carbocycles. The lowest BCUT2D eigenvalue weighted by atomic mass is 10.1. The van der Waals surface area contributed by atoms with Gasteiger partial charge in [-0.1, -0.05) is 31.2 Å². The topological polar surface area (TPSA) is 50.5 Å². The Kier molecular flexibility index (Phi) is 5.19. The van der Waals surface area contributed by atoms with Gasteiger partial charge in [0.1, 0.15) is 5.76 Å². The summed E-state index contributed by atoms with van der Waals surface area (Å²) < 4.78 is 17.3. The highest BCUT2D eigenvalue weighted by Crippen LogP contribution is 2.24. The number of hydrogen-bond acceptors (Lipinski definition) is 3. The number of furan rings is 1. The number of aryl methyl sites for hydroxylation is 1. The number of nitrogens with zero attached hydrogens (tertiary/aromatic N) is 1. The molecule has 1 aromatic carbocycles. The molecule has 2 heterocycles. The summed E-state index contributed by atoms with van der Waals surface area (Å²) in [7, 11) is 1.08. The Bertz CT molecular complexity index is 725. The molecule has 0 spiro atoms. The van der Waals surface area contributed by atoms with Gasteiger partial charge >= 0.3 is 0 Å². The van der Waals surface area contributed by atoms with Gasteiger partial charge in [-0.2, -0.15) is 0 Å². The maximum Gasteiger partial charge on any atom is 0.289 e. The van der Waals surface area contributed by atoms with Gasteiger partial charge in [-0.15, -0.1) is 0 Å². The minimum Gasteiger partial charge on any atom is -0.451 e. The predicted molar refractivity (Wildman–Crippen MR) is 96.5 cm³/mol. The van der Waals surface area contributed by atoms with E-state index >= 15 is 0 Å². The maximum absolute atomic E-state index is 12.6. The number of carbonyl (C=O) groups excluding carboxylic acids is 1. The summed E-state index contributed by atoms with van der Waals surface area (Å²) in [5.41, 5.74) is 2.25. The van der Waals surface area contributed by atoms with Crippen molar-refractivity contribution < 1.29 is 13.4 Å². The first-order valence-electron chi connectivity index (χ1n) is 8.39. The van der Waals surface area contributed by atoms with Gasteiger partial charge in [-0.05, 0) is 37.0 Å². The molecule has 0 unspecified atom stereocenters. The van der Waals surface area contributed by atoms with Crippen molar-refractivity contribution in [3.05, 3.63) is 47.7 Å². The van der Waals surface area contributed by atoms with E-state index in [0.29, 0.717) is 23.0 Å². The monoisotopic (exact) mass is 345 g/mol. The first kappa shape index (κ1) is 17.0. The molecule has 0 atom stereocenters. The van der Waals surface area contributed by atoms with Crippen LogP contribution in [0.2, 0.25) is 0 Å². The molecule has 5 heteroatoms. The summed E-state index contributed by atoms with van der Waals surface area (Å²) in [5.74, 6) is 2.31. The van der Waals surface area contributed by atoms with Crippen molar-refractivity contribution in [3.63, 3.8) is 0 Å². The number of amides is 1. The molecule has 3 rings (SSSR count). The third-order valence-corrected chi connectivity index (χ3v) is 6.07. The van der Waals surface area contributed by atoms with Gasteiger partial charge in [-0.25, -0.2) is 0 Å². The molecule has 1 aromatic heterocycles. The summed E-state index contributed by atoms with van der Waals surface area (Å²) in [4.78, 5) is 14.4. The fourth-order valence-electron chi connectivity index (χ4n) is 3.02. The Labute approximate surface area is 145 Å². The standard InChI is InChI=1S/C19H23NO3S/c1-3-14-4-6-15(7-5-14)17-8-9-18(23-17)19(21)20(2)16-10-12-24(22)13-11-16/h4-9,16H,3,10-13H2,1-2H3. The smallest absolute Gasteiger partial charge is 0.289 e. The van der Waals surface area contributed by atoms with E-state index in [9.17, 15) is 9.00 Å². The summed E-state index contributed by atoms with van der Waals surface area (Å²) in [6, 6.07) is 11.9. The number of benzene rings is 1. The van der Waals surface area contributed by atoms with Crippen LogP contribution in [0.4, 0.5) is 0 Å². The summed E-state index contributed by atoms with van der Waals surface area (Å²) in [5, 5.41) is 0. The van der Waals surface area contributed by atoms with E-state index in [2.05, 4.69) is 19.1 Å². The van der Waals surface area contributed by atoms with Gasteiger partial charge in [0.2, 0.25) is 0 Å². The van der Waals surface area contributed by atoms with Crippen molar-refractivity contribution in [1.29, 1.82) is 0 Å². The van der Waals surface area contributed by atoms with Crippen molar-refractivity contribution in [3.8, 4) is 11.3 Å². The van der Waals surface area contributed by atoms with Crippen LogP contribution in [-0.2, 0) is 17.2 Å². The van der Waals surface area contributed by atoms with Gasteiger partial charge in [0, 0.05) is 41.0 Å². The fourth-order valence-corrected chi connectivity index (χ4v) is 4.30. The van der Waals surface area contributed by atoms with Crippen molar-refractivity contribution in [2.75, 3.05) is 18.6 Å². The third-order valence-electron chi connectivity index (χ3n) is 4.69. The molecule has 1 amide bonds. The van der Waals surface area contributed by atoms with E-state index < -0.39 is 10.8 Å². The first-order valence-corrected chi connectivity index (χ1v) is 9.88. The van der Waals surface area contributed by atoms with E-state index in [1.54, 1.807) is 18.0 Å². The van der Waals surface area contributed by atoms with Gasteiger partial charge in [0.15, 0.2) is 5.76 Å². The van der Waals surface area contributed by atoms with E-state index in [1.807, 2.05) is 18.2 Å². The van der Waals surface area contributed by atoms with Crippen molar-refractivity contribution in [2.24, 2.45) is 0 Å². The van der Waals surface area contributed by atoms with Gasteiger partial charge < -0.3 is 9.32 Å². The molecule has 24 heavy (non-hydrogen) atoms. The highest BCUT2D eigenvalue weighted by molar-refractivity contribution is 7.85. The normalized spacial score (nSPS) is 20.8. The highest BCUT2D eigenvalue weighted by Gasteiger charge is 2.27. The lowest BCUT2D eigenvalue weighted by Crippen LogP contribution is -2.41. The first-order chi connectivity index (χ1) is 11.6. The third kappa shape index (κ3) is 3.61. The fraction of sp³-hybridized carbons (Fsp3) is 0.421. The summed E-state index contributed by atoms with van der Waals surface area (Å²) in [6.45, 7) is 2.12. The predicted octanol–water partition coefficient (Wildman–Crippen LogP) is 3.49. The quantitative estimate of drug-likeness (QED) is 0.852. The second kappa shape index (κ2) is 7.34. The molecule has 128 valence electrons. The van der Waals surface area contributed by atoms with Gasteiger partial charge in [0.05, 0.1) is 0 Å². The molecule has 0 bridgehead atoms. The maximum atomic E-state index is 12.6. The Balaban J connectivity index is 1.71. The number of carbonyl (C=O) groups is 1. The molecule has 1 saturated heterocycles. The molecule has 1 aliphatic rings. The molecule has 0 radical (unpaired) electrons. The van der Waals surface area contributed by atoms with Gasteiger partial charge in [0.25, 0.3) is 5.91 Å². The van der Waals surface area contributed by atoms with Crippen LogP contribution >= 0.6 is 0 Å². The Morgan fingerprint density at radius 3 is 2.46 bits per heavy atom. The number of hydrogen-bond donors (Lipinski definition) is 0. The van der Waals surface area contributed by atoms with E-state index in [4.69, 9.17) is 4.42 Å². The molecular formula is C19H23NO3S. The van der Waals surface area contributed by atoms with Crippen LogP contribution in [0.1, 0.15) is 35.9 Å². The van der Waals surface area contributed by atoms with Crippen molar-refractivity contribution >= 4 is 16.7 Å². The summed E-state index contributed by atoms with van der Waals surface area (Å²) >= 11 is 0. The SMILES string of the molecule is CCc1ccc(-c2ccc(C(=O)N(C)C3CCS(=O)CC3)o2)cc1. The van der Waals surface area contributed by atoms with E-state index in [1.165, 1.54) is 5.56 Å². The molecule has 0 N–H and O–H groups in total. The highest BCUT2D eigenvalue weighted by atomic mass is 32.2. The van der Waals surface area contributed by atoms with Gasteiger partial charge in [-0.3, -0.25) is 9.00 Å². The zero-order valence-corrected chi connectivity index (χ0v) is 15.0.